The van der Waals surface area contributed by atoms with Gasteiger partial charge in [-0.25, -0.2) is 0 Å². The molecule has 0 saturated carbocycles. The summed E-state index contributed by atoms with van der Waals surface area (Å²) in [7, 11) is 1.84. The molecule has 0 aliphatic carbocycles. The van der Waals surface area contributed by atoms with Crippen molar-refractivity contribution in [1.82, 2.24) is 4.90 Å². The topological polar surface area (TPSA) is 32.3 Å². The van der Waals surface area contributed by atoms with E-state index in [1.807, 2.05) is 37.4 Å². The molecule has 1 aromatic rings. The molecule has 1 heterocycles. The SMILES string of the molecule is CN1CCC(Nc2ccccc2)C1=O. The zero-order chi connectivity index (χ0) is 9.97. The lowest BCUT2D eigenvalue weighted by Crippen LogP contribution is -2.30. The van der Waals surface area contributed by atoms with Gasteiger partial charge in [0, 0.05) is 19.3 Å². The first-order valence-corrected chi connectivity index (χ1v) is 4.84. The van der Waals surface area contributed by atoms with Crippen LogP contribution in [0.15, 0.2) is 30.3 Å². The molecule has 14 heavy (non-hydrogen) atoms. The molecule has 3 nitrogen and oxygen atoms in total. The van der Waals surface area contributed by atoms with Crippen molar-refractivity contribution in [3.05, 3.63) is 30.3 Å². The molecule has 1 aromatic carbocycles. The zero-order valence-corrected chi connectivity index (χ0v) is 8.23. The van der Waals surface area contributed by atoms with Gasteiger partial charge in [0.05, 0.1) is 0 Å². The van der Waals surface area contributed by atoms with Crippen LogP contribution < -0.4 is 5.32 Å². The molecule has 1 fully saturated rings. The van der Waals surface area contributed by atoms with Crippen molar-refractivity contribution >= 4 is 11.6 Å². The number of carbonyl (C=O) groups excluding carboxylic acids is 1. The summed E-state index contributed by atoms with van der Waals surface area (Å²) in [6, 6.07) is 9.81. The van der Waals surface area contributed by atoms with Gasteiger partial charge >= 0.3 is 0 Å². The number of benzene rings is 1. The van der Waals surface area contributed by atoms with E-state index in [1.165, 1.54) is 0 Å². The van der Waals surface area contributed by atoms with Crippen LogP contribution in [0, 0.1) is 0 Å². The molecule has 0 bridgehead atoms. The number of para-hydroxylation sites is 1. The molecule has 1 aliphatic rings. The number of likely N-dealkylation sites (N-methyl/N-ethyl adjacent to an activating group) is 1. The number of nitrogens with one attached hydrogen (secondary N) is 1. The summed E-state index contributed by atoms with van der Waals surface area (Å²) in [6.07, 6.45) is 0.893. The van der Waals surface area contributed by atoms with Crippen LogP contribution in [-0.2, 0) is 4.79 Å². The van der Waals surface area contributed by atoms with Crippen LogP contribution in [-0.4, -0.2) is 30.4 Å². The van der Waals surface area contributed by atoms with E-state index < -0.39 is 0 Å². The number of rotatable bonds is 2. The summed E-state index contributed by atoms with van der Waals surface area (Å²) >= 11 is 0. The van der Waals surface area contributed by atoms with Crippen LogP contribution >= 0.6 is 0 Å². The number of amides is 1. The molecule has 0 aromatic heterocycles. The standard InChI is InChI=1S/C11H14N2O/c1-13-8-7-10(11(13)14)12-9-5-3-2-4-6-9/h2-6,10,12H,7-8H2,1H3. The molecule has 1 aliphatic heterocycles. The number of hydrogen-bond acceptors (Lipinski definition) is 2. The third-order valence-electron chi connectivity index (χ3n) is 2.54. The van der Waals surface area contributed by atoms with E-state index in [4.69, 9.17) is 0 Å². The zero-order valence-electron chi connectivity index (χ0n) is 8.23. The highest BCUT2D eigenvalue weighted by atomic mass is 16.2. The van der Waals surface area contributed by atoms with E-state index >= 15 is 0 Å². The normalized spacial score (nSPS) is 21.4. The van der Waals surface area contributed by atoms with Crippen molar-refractivity contribution in [2.45, 2.75) is 12.5 Å². The molecule has 1 unspecified atom stereocenters. The van der Waals surface area contributed by atoms with Crippen molar-refractivity contribution in [2.24, 2.45) is 0 Å². The number of nitrogens with zero attached hydrogens (tertiary/aromatic N) is 1. The Morgan fingerprint density at radius 1 is 1.36 bits per heavy atom. The van der Waals surface area contributed by atoms with Gasteiger partial charge in [0.1, 0.15) is 6.04 Å². The Bertz CT molecular complexity index is 323. The van der Waals surface area contributed by atoms with Gasteiger partial charge in [-0.3, -0.25) is 4.79 Å². The molecule has 1 amide bonds. The summed E-state index contributed by atoms with van der Waals surface area (Å²) in [6.45, 7) is 0.851. The maximum Gasteiger partial charge on any atom is 0.244 e. The quantitative estimate of drug-likeness (QED) is 0.763. The Balaban J connectivity index is 2.02. The fourth-order valence-electron chi connectivity index (χ4n) is 1.69. The summed E-state index contributed by atoms with van der Waals surface area (Å²) < 4.78 is 0. The summed E-state index contributed by atoms with van der Waals surface area (Å²) in [5.74, 6) is 0.189. The van der Waals surface area contributed by atoms with E-state index in [0.717, 1.165) is 18.7 Å². The lowest BCUT2D eigenvalue weighted by Gasteiger charge is -2.12. The number of carbonyl (C=O) groups is 1. The van der Waals surface area contributed by atoms with Gasteiger partial charge in [-0.1, -0.05) is 18.2 Å². The molecule has 0 radical (unpaired) electrons. The van der Waals surface area contributed by atoms with Crippen LogP contribution in [0.5, 0.6) is 0 Å². The van der Waals surface area contributed by atoms with E-state index in [1.54, 1.807) is 4.90 Å². The Hall–Kier alpha value is -1.51. The van der Waals surface area contributed by atoms with Crippen LogP contribution in [0.3, 0.4) is 0 Å². The van der Waals surface area contributed by atoms with Gasteiger partial charge in [0.25, 0.3) is 0 Å². The highest BCUT2D eigenvalue weighted by Crippen LogP contribution is 2.15. The summed E-state index contributed by atoms with van der Waals surface area (Å²) in [5, 5.41) is 3.23. The minimum absolute atomic E-state index is 0.0394. The second kappa shape index (κ2) is 3.70. The lowest BCUT2D eigenvalue weighted by atomic mass is 10.2. The lowest BCUT2D eigenvalue weighted by molar-refractivity contribution is -0.127. The van der Waals surface area contributed by atoms with E-state index in [2.05, 4.69) is 5.32 Å². The third kappa shape index (κ3) is 1.71. The molecule has 1 atom stereocenters. The predicted octanol–water partition coefficient (Wildman–Crippen LogP) is 1.33. The molecular weight excluding hydrogens is 176 g/mol. The highest BCUT2D eigenvalue weighted by Gasteiger charge is 2.28. The van der Waals surface area contributed by atoms with Gasteiger partial charge in [-0.2, -0.15) is 0 Å². The average Bonchev–Trinajstić information content (AvgIpc) is 2.52. The molecule has 0 spiro atoms. The summed E-state index contributed by atoms with van der Waals surface area (Å²) in [5.41, 5.74) is 1.01. The first kappa shape index (κ1) is 9.06. The largest absolute Gasteiger partial charge is 0.374 e. The molecule has 2 rings (SSSR count). The Morgan fingerprint density at radius 2 is 2.07 bits per heavy atom. The van der Waals surface area contributed by atoms with Gasteiger partial charge in [-0.05, 0) is 18.6 Å². The number of anilines is 1. The Labute approximate surface area is 83.7 Å². The minimum atomic E-state index is -0.0394. The average molecular weight is 190 g/mol. The van der Waals surface area contributed by atoms with Crippen molar-refractivity contribution in [1.29, 1.82) is 0 Å². The molecular formula is C11H14N2O. The molecule has 3 heteroatoms. The second-order valence-corrected chi connectivity index (χ2v) is 3.61. The Morgan fingerprint density at radius 3 is 2.64 bits per heavy atom. The fourth-order valence-corrected chi connectivity index (χ4v) is 1.69. The van der Waals surface area contributed by atoms with Gasteiger partial charge in [0.2, 0.25) is 5.91 Å². The monoisotopic (exact) mass is 190 g/mol. The highest BCUT2D eigenvalue weighted by molar-refractivity contribution is 5.86. The summed E-state index contributed by atoms with van der Waals surface area (Å²) in [4.78, 5) is 13.3. The van der Waals surface area contributed by atoms with Crippen molar-refractivity contribution in [3.8, 4) is 0 Å². The first-order chi connectivity index (χ1) is 6.77. The van der Waals surface area contributed by atoms with Gasteiger partial charge in [0.15, 0.2) is 0 Å². The van der Waals surface area contributed by atoms with Gasteiger partial charge in [-0.15, -0.1) is 0 Å². The first-order valence-electron chi connectivity index (χ1n) is 4.84. The van der Waals surface area contributed by atoms with E-state index in [9.17, 15) is 4.79 Å². The molecule has 1 saturated heterocycles. The Kier molecular flexibility index (Phi) is 2.39. The van der Waals surface area contributed by atoms with Crippen molar-refractivity contribution < 1.29 is 4.79 Å². The van der Waals surface area contributed by atoms with E-state index in [0.29, 0.717) is 0 Å². The third-order valence-corrected chi connectivity index (χ3v) is 2.54. The van der Waals surface area contributed by atoms with Crippen LogP contribution in [0.25, 0.3) is 0 Å². The van der Waals surface area contributed by atoms with Gasteiger partial charge < -0.3 is 10.2 Å². The molecule has 74 valence electrons. The van der Waals surface area contributed by atoms with Crippen molar-refractivity contribution in [3.63, 3.8) is 0 Å². The minimum Gasteiger partial charge on any atom is -0.374 e. The smallest absolute Gasteiger partial charge is 0.244 e. The number of likely N-dealkylation sites (tertiary alicyclic amines) is 1. The van der Waals surface area contributed by atoms with E-state index in [-0.39, 0.29) is 11.9 Å². The van der Waals surface area contributed by atoms with Crippen LogP contribution in [0.4, 0.5) is 5.69 Å². The maximum atomic E-state index is 11.6. The second-order valence-electron chi connectivity index (χ2n) is 3.61. The number of hydrogen-bond donors (Lipinski definition) is 1. The molecule has 1 N–H and O–H groups in total. The van der Waals surface area contributed by atoms with Crippen LogP contribution in [0.2, 0.25) is 0 Å². The van der Waals surface area contributed by atoms with Crippen LogP contribution in [0.1, 0.15) is 6.42 Å². The fraction of sp³-hybridized carbons (Fsp3) is 0.364. The maximum absolute atomic E-state index is 11.6. The predicted molar refractivity (Wildman–Crippen MR) is 56.1 cm³/mol. The van der Waals surface area contributed by atoms with Crippen molar-refractivity contribution in [2.75, 3.05) is 18.9 Å².